The average Bonchev–Trinajstić information content (AvgIpc) is 3.14. The van der Waals surface area contributed by atoms with Crippen LogP contribution in [0.15, 0.2) is 36.4 Å². The Bertz CT molecular complexity index is 1040. The number of rotatable bonds is 5. The van der Waals surface area contributed by atoms with Crippen molar-refractivity contribution in [2.75, 3.05) is 0 Å². The van der Waals surface area contributed by atoms with Crippen LogP contribution in [-0.2, 0) is 0 Å². The highest BCUT2D eigenvalue weighted by Crippen LogP contribution is 2.38. The number of phenols is 2. The number of benzene rings is 2. The third-order valence-electron chi connectivity index (χ3n) is 4.59. The van der Waals surface area contributed by atoms with Crippen molar-refractivity contribution in [1.29, 1.82) is 0 Å². The summed E-state index contributed by atoms with van der Waals surface area (Å²) in [5, 5.41) is 31.9. The maximum atomic E-state index is 12.7. The number of carbonyl (C=O) groups excluding carboxylic acids is 1. The molecule has 3 rings (SSSR count). The molecule has 0 spiro atoms. The molecule has 1 amide bonds. The molecule has 0 radical (unpaired) electrons. The minimum Gasteiger partial charge on any atom is -0.508 e. The van der Waals surface area contributed by atoms with Gasteiger partial charge in [-0.1, -0.05) is 45.4 Å². The van der Waals surface area contributed by atoms with Gasteiger partial charge in [0.2, 0.25) is 5.82 Å². The summed E-state index contributed by atoms with van der Waals surface area (Å²) in [5.74, 6) is -0.00216. The van der Waals surface area contributed by atoms with E-state index in [1.807, 2.05) is 72.7 Å². The lowest BCUT2D eigenvalue weighted by Crippen LogP contribution is -2.32. The van der Waals surface area contributed by atoms with Crippen LogP contribution in [0, 0.1) is 6.92 Å². The molecule has 2 aromatic carbocycles. The third kappa shape index (κ3) is 5.23. The van der Waals surface area contributed by atoms with Gasteiger partial charge in [-0.3, -0.25) is 9.36 Å². The number of aryl methyl sites for hydroxylation is 1. The smallest absolute Gasteiger partial charge is 0.289 e. The molecule has 0 fully saturated rings. The van der Waals surface area contributed by atoms with Crippen molar-refractivity contribution in [2.24, 2.45) is 0 Å². The van der Waals surface area contributed by atoms with E-state index in [1.54, 1.807) is 10.6 Å². The highest BCUT2D eigenvalue weighted by molar-refractivity contribution is 5.92. The van der Waals surface area contributed by atoms with Crippen LogP contribution >= 0.6 is 0 Å². The predicted molar refractivity (Wildman–Crippen MR) is 123 cm³/mol. The van der Waals surface area contributed by atoms with E-state index >= 15 is 0 Å². The highest BCUT2D eigenvalue weighted by Gasteiger charge is 2.24. The number of aromatic nitrogens is 3. The second-order valence-corrected chi connectivity index (χ2v) is 7.73. The Hall–Kier alpha value is -3.35. The molecule has 1 aromatic heterocycles. The Kier molecular flexibility index (Phi) is 7.80. The lowest BCUT2D eigenvalue weighted by Gasteiger charge is -2.15. The first-order valence-electron chi connectivity index (χ1n) is 10.6. The lowest BCUT2D eigenvalue weighted by molar-refractivity contribution is 0.0930. The number of hydrogen-bond donors (Lipinski definition) is 3. The number of phenolic OH excluding ortho intramolecular Hbond substituents is 2. The summed E-state index contributed by atoms with van der Waals surface area (Å²) in [7, 11) is 0. The highest BCUT2D eigenvalue weighted by atomic mass is 16.3. The first-order valence-corrected chi connectivity index (χ1v) is 10.6. The van der Waals surface area contributed by atoms with Crippen LogP contribution in [0.2, 0.25) is 0 Å². The molecule has 166 valence electrons. The summed E-state index contributed by atoms with van der Waals surface area (Å²) in [6.07, 6.45) is 0. The van der Waals surface area contributed by atoms with Crippen molar-refractivity contribution in [2.45, 2.75) is 60.4 Å². The molecule has 0 aliphatic rings. The van der Waals surface area contributed by atoms with Crippen molar-refractivity contribution < 1.29 is 15.0 Å². The van der Waals surface area contributed by atoms with Crippen LogP contribution in [0.1, 0.15) is 69.2 Å². The number of aromatic hydroxyl groups is 2. The molecule has 7 nitrogen and oxygen atoms in total. The second kappa shape index (κ2) is 10.1. The zero-order valence-corrected chi connectivity index (χ0v) is 19.3. The molecule has 0 saturated carbocycles. The SMILES string of the molecule is CC.Cc1ccc(-n2c(C(=O)NC(C)C)nnc2-c2cc(C(C)C)c(O)cc2O)cc1. The number of nitrogens with zero attached hydrogens (tertiary/aromatic N) is 3. The molecule has 0 aliphatic heterocycles. The minimum absolute atomic E-state index is 0.0143. The van der Waals surface area contributed by atoms with E-state index in [-0.39, 0.29) is 35.2 Å². The monoisotopic (exact) mass is 424 g/mol. The van der Waals surface area contributed by atoms with Gasteiger partial charge in [0.1, 0.15) is 11.5 Å². The number of amides is 1. The fourth-order valence-electron chi connectivity index (χ4n) is 3.11. The van der Waals surface area contributed by atoms with Gasteiger partial charge in [0, 0.05) is 17.8 Å². The van der Waals surface area contributed by atoms with Gasteiger partial charge in [0.25, 0.3) is 5.91 Å². The van der Waals surface area contributed by atoms with E-state index in [1.165, 1.54) is 6.07 Å². The standard InChI is InChI=1S/C22H26N4O3.C2H6/c1-12(2)16-10-17(19(28)11-18(16)27)20-24-25-21(22(29)23-13(3)4)26(20)15-8-6-14(5)7-9-15;1-2/h6-13,27-28H,1-5H3,(H,23,29);1-2H3. The maximum Gasteiger partial charge on any atom is 0.289 e. The summed E-state index contributed by atoms with van der Waals surface area (Å²) in [5.41, 5.74) is 2.84. The molecule has 0 aliphatic carbocycles. The Labute approximate surface area is 183 Å². The minimum atomic E-state index is -0.360. The van der Waals surface area contributed by atoms with Gasteiger partial charge in [-0.2, -0.15) is 0 Å². The van der Waals surface area contributed by atoms with E-state index in [9.17, 15) is 15.0 Å². The van der Waals surface area contributed by atoms with Gasteiger partial charge in [0.15, 0.2) is 5.82 Å². The summed E-state index contributed by atoms with van der Waals surface area (Å²) < 4.78 is 1.62. The van der Waals surface area contributed by atoms with Crippen LogP contribution in [-0.4, -0.2) is 36.9 Å². The zero-order valence-electron chi connectivity index (χ0n) is 19.3. The predicted octanol–water partition coefficient (Wildman–Crippen LogP) is 4.94. The molecule has 1 heterocycles. The fourth-order valence-corrected chi connectivity index (χ4v) is 3.11. The molecule has 0 saturated heterocycles. The van der Waals surface area contributed by atoms with Crippen molar-refractivity contribution in [3.63, 3.8) is 0 Å². The third-order valence-corrected chi connectivity index (χ3v) is 4.59. The van der Waals surface area contributed by atoms with Crippen LogP contribution < -0.4 is 5.32 Å². The van der Waals surface area contributed by atoms with Crippen molar-refractivity contribution in [1.82, 2.24) is 20.1 Å². The van der Waals surface area contributed by atoms with Crippen molar-refractivity contribution in [3.05, 3.63) is 53.3 Å². The van der Waals surface area contributed by atoms with Gasteiger partial charge in [-0.05, 0) is 50.5 Å². The molecule has 3 N–H and O–H groups in total. The lowest BCUT2D eigenvalue weighted by atomic mass is 9.98. The van der Waals surface area contributed by atoms with Crippen LogP contribution in [0.25, 0.3) is 17.1 Å². The molecule has 31 heavy (non-hydrogen) atoms. The van der Waals surface area contributed by atoms with Gasteiger partial charge < -0.3 is 15.5 Å². The molecule has 0 unspecified atom stereocenters. The maximum absolute atomic E-state index is 12.7. The quantitative estimate of drug-likeness (QED) is 0.538. The normalized spacial score (nSPS) is 10.7. The number of nitrogens with one attached hydrogen (secondary N) is 1. The first kappa shape index (κ1) is 23.9. The van der Waals surface area contributed by atoms with Crippen LogP contribution in [0.5, 0.6) is 11.5 Å². The molecule has 7 heteroatoms. The van der Waals surface area contributed by atoms with E-state index in [0.717, 1.165) is 5.56 Å². The largest absolute Gasteiger partial charge is 0.508 e. The Morgan fingerprint density at radius 3 is 2.13 bits per heavy atom. The average molecular weight is 425 g/mol. The van der Waals surface area contributed by atoms with E-state index < -0.39 is 0 Å². The van der Waals surface area contributed by atoms with Gasteiger partial charge in [0.05, 0.1) is 5.56 Å². The van der Waals surface area contributed by atoms with Crippen LogP contribution in [0.4, 0.5) is 0 Å². The van der Waals surface area contributed by atoms with Gasteiger partial charge in [-0.15, -0.1) is 10.2 Å². The molecular formula is C24H32N4O3. The zero-order chi connectivity index (χ0) is 23.3. The fraction of sp³-hybridized carbons (Fsp3) is 0.375. The summed E-state index contributed by atoms with van der Waals surface area (Å²) in [4.78, 5) is 12.7. The Morgan fingerprint density at radius 1 is 0.968 bits per heavy atom. The van der Waals surface area contributed by atoms with Crippen molar-refractivity contribution >= 4 is 5.91 Å². The molecule has 0 atom stereocenters. The molecule has 0 bridgehead atoms. The number of carbonyl (C=O) groups is 1. The van der Waals surface area contributed by atoms with Crippen LogP contribution in [0.3, 0.4) is 0 Å². The van der Waals surface area contributed by atoms with E-state index in [4.69, 9.17) is 0 Å². The van der Waals surface area contributed by atoms with Crippen molar-refractivity contribution in [3.8, 4) is 28.6 Å². The molecule has 3 aromatic rings. The van der Waals surface area contributed by atoms with Gasteiger partial charge >= 0.3 is 0 Å². The summed E-state index contributed by atoms with van der Waals surface area (Å²) in [6.45, 7) is 13.6. The van der Waals surface area contributed by atoms with E-state index in [0.29, 0.717) is 22.6 Å². The topological polar surface area (TPSA) is 100 Å². The Morgan fingerprint density at radius 2 is 1.58 bits per heavy atom. The Balaban J connectivity index is 0.00000166. The second-order valence-electron chi connectivity index (χ2n) is 7.73. The number of hydrogen-bond acceptors (Lipinski definition) is 5. The summed E-state index contributed by atoms with van der Waals surface area (Å²) in [6, 6.07) is 10.5. The first-order chi connectivity index (χ1) is 14.7. The molecular weight excluding hydrogens is 392 g/mol. The van der Waals surface area contributed by atoms with E-state index in [2.05, 4.69) is 15.5 Å². The summed E-state index contributed by atoms with van der Waals surface area (Å²) >= 11 is 0. The van der Waals surface area contributed by atoms with Gasteiger partial charge in [-0.25, -0.2) is 0 Å².